The highest BCUT2D eigenvalue weighted by Gasteiger charge is 2.75. The first kappa shape index (κ1) is 14.3. The molecule has 1 aliphatic carbocycles. The fraction of sp³-hybridized carbons (Fsp3) is 0.857. The van der Waals surface area contributed by atoms with Gasteiger partial charge in [-0.2, -0.15) is 0 Å². The lowest BCUT2D eigenvalue weighted by atomic mass is 9.66. The Morgan fingerprint density at radius 1 is 1.42 bits per heavy atom. The van der Waals surface area contributed by atoms with Gasteiger partial charge in [0.2, 0.25) is 0 Å². The van der Waals surface area contributed by atoms with Crippen molar-refractivity contribution in [2.75, 3.05) is 13.7 Å². The molecule has 1 heterocycles. The molecule has 108 valence electrons. The average molecular weight is 269 g/mol. The zero-order chi connectivity index (χ0) is 14.5. The summed E-state index contributed by atoms with van der Waals surface area (Å²) in [5.74, 6) is -0.449. The first-order chi connectivity index (χ1) is 8.71. The number of amides is 1. The van der Waals surface area contributed by atoms with E-state index >= 15 is 0 Å². The van der Waals surface area contributed by atoms with E-state index in [4.69, 9.17) is 9.47 Å². The minimum absolute atomic E-state index is 0.103. The fourth-order valence-electron chi connectivity index (χ4n) is 3.38. The first-order valence-corrected chi connectivity index (χ1v) is 6.74. The van der Waals surface area contributed by atoms with Crippen LogP contribution in [0, 0.1) is 10.8 Å². The number of esters is 1. The topological polar surface area (TPSA) is 64.6 Å². The molecule has 5 nitrogen and oxygen atoms in total. The average Bonchev–Trinajstić information content (AvgIpc) is 2.59. The molecule has 2 fully saturated rings. The lowest BCUT2D eigenvalue weighted by molar-refractivity contribution is -0.168. The summed E-state index contributed by atoms with van der Waals surface area (Å²) in [6.45, 7) is 8.11. The van der Waals surface area contributed by atoms with Gasteiger partial charge in [-0.15, -0.1) is 0 Å². The van der Waals surface area contributed by atoms with Gasteiger partial charge in [0.15, 0.2) is 5.60 Å². The van der Waals surface area contributed by atoms with E-state index < -0.39 is 16.4 Å². The molecule has 1 aliphatic heterocycles. The highest BCUT2D eigenvalue weighted by molar-refractivity contribution is 5.96. The Morgan fingerprint density at radius 2 is 2.05 bits per heavy atom. The lowest BCUT2D eigenvalue weighted by Crippen LogP contribution is -2.55. The van der Waals surface area contributed by atoms with Crippen LogP contribution in [0.1, 0.15) is 40.5 Å². The zero-order valence-corrected chi connectivity index (χ0v) is 12.3. The third-order valence-corrected chi connectivity index (χ3v) is 5.24. The third kappa shape index (κ3) is 1.64. The molecule has 1 N–H and O–H groups in total. The molecule has 2 bridgehead atoms. The number of nitrogens with one attached hydrogen (secondary N) is 1. The highest BCUT2D eigenvalue weighted by atomic mass is 16.6. The van der Waals surface area contributed by atoms with Gasteiger partial charge in [-0.05, 0) is 26.7 Å². The number of hydrogen-bond acceptors (Lipinski definition) is 4. The van der Waals surface area contributed by atoms with Crippen LogP contribution in [0.4, 0.5) is 0 Å². The predicted molar refractivity (Wildman–Crippen MR) is 69.4 cm³/mol. The third-order valence-electron chi connectivity index (χ3n) is 5.24. The van der Waals surface area contributed by atoms with Gasteiger partial charge in [-0.25, -0.2) is 0 Å². The molecule has 0 radical (unpaired) electrons. The largest absolute Gasteiger partial charge is 0.448 e. The SMILES string of the molecule is COC[C@H](C)NC(=O)[C@]12CC[C@](C)(C(=O)O1)C2(C)C. The van der Waals surface area contributed by atoms with Gasteiger partial charge in [0.05, 0.1) is 12.0 Å². The normalized spacial score (nSPS) is 37.0. The maximum Gasteiger partial charge on any atom is 0.313 e. The Balaban J connectivity index is 2.24. The molecule has 0 aromatic heterocycles. The molecule has 0 spiro atoms. The van der Waals surface area contributed by atoms with E-state index in [0.717, 1.165) is 0 Å². The molecule has 1 saturated carbocycles. The molecule has 0 unspecified atom stereocenters. The second-order valence-corrected chi connectivity index (χ2v) is 6.50. The van der Waals surface area contributed by atoms with Crippen molar-refractivity contribution in [2.45, 2.75) is 52.2 Å². The quantitative estimate of drug-likeness (QED) is 0.780. The minimum Gasteiger partial charge on any atom is -0.448 e. The summed E-state index contributed by atoms with van der Waals surface area (Å²) in [6, 6.07) is -0.103. The molecule has 1 saturated heterocycles. The molecular formula is C14H23NO4. The maximum atomic E-state index is 12.6. The summed E-state index contributed by atoms with van der Waals surface area (Å²) >= 11 is 0. The van der Waals surface area contributed by atoms with Gasteiger partial charge in [0, 0.05) is 18.6 Å². The monoisotopic (exact) mass is 269 g/mol. The minimum atomic E-state index is -1.03. The molecule has 2 rings (SSSR count). The summed E-state index contributed by atoms with van der Waals surface area (Å²) in [5.41, 5.74) is -2.08. The Kier molecular flexibility index (Phi) is 3.16. The molecule has 1 amide bonds. The van der Waals surface area contributed by atoms with Crippen molar-refractivity contribution in [3.63, 3.8) is 0 Å². The second-order valence-electron chi connectivity index (χ2n) is 6.50. The molecule has 0 aromatic carbocycles. The summed E-state index contributed by atoms with van der Waals surface area (Å²) in [5, 5.41) is 2.89. The molecular weight excluding hydrogens is 246 g/mol. The highest BCUT2D eigenvalue weighted by Crippen LogP contribution is 2.65. The van der Waals surface area contributed by atoms with E-state index in [1.54, 1.807) is 7.11 Å². The van der Waals surface area contributed by atoms with Gasteiger partial charge < -0.3 is 14.8 Å². The van der Waals surface area contributed by atoms with Crippen LogP contribution in [0.2, 0.25) is 0 Å². The molecule has 3 atom stereocenters. The Hall–Kier alpha value is -1.10. The second kappa shape index (κ2) is 4.20. The van der Waals surface area contributed by atoms with Crippen molar-refractivity contribution in [1.82, 2.24) is 5.32 Å². The van der Waals surface area contributed by atoms with E-state index in [2.05, 4.69) is 5.32 Å². The summed E-state index contributed by atoms with van der Waals surface area (Å²) in [7, 11) is 1.59. The number of methoxy groups -OCH3 is 1. The van der Waals surface area contributed by atoms with Crippen molar-refractivity contribution in [3.8, 4) is 0 Å². The van der Waals surface area contributed by atoms with Gasteiger partial charge >= 0.3 is 5.97 Å². The summed E-state index contributed by atoms with van der Waals surface area (Å²) in [6.07, 6.45) is 1.29. The predicted octanol–water partition coefficient (Wildman–Crippen LogP) is 1.26. The van der Waals surface area contributed by atoms with Crippen molar-refractivity contribution in [1.29, 1.82) is 0 Å². The standard InChI is InChI=1S/C14H23NO4/c1-9(8-18-5)15-10(16)14-7-6-13(4,11(17)19-14)12(14,2)3/h9H,6-8H2,1-5H3,(H,15,16)/t9-,13+,14-/m0/s1. The lowest BCUT2D eigenvalue weighted by Gasteiger charge is -2.36. The van der Waals surface area contributed by atoms with E-state index in [0.29, 0.717) is 19.4 Å². The van der Waals surface area contributed by atoms with Gasteiger partial charge in [-0.3, -0.25) is 9.59 Å². The first-order valence-electron chi connectivity index (χ1n) is 6.74. The van der Waals surface area contributed by atoms with Crippen LogP contribution in [0.25, 0.3) is 0 Å². The Morgan fingerprint density at radius 3 is 2.47 bits per heavy atom. The number of ether oxygens (including phenoxy) is 2. The molecule has 19 heavy (non-hydrogen) atoms. The van der Waals surface area contributed by atoms with Crippen molar-refractivity contribution in [2.24, 2.45) is 10.8 Å². The van der Waals surface area contributed by atoms with Crippen LogP contribution in [0.3, 0.4) is 0 Å². The number of carbonyl (C=O) groups excluding carboxylic acids is 2. The van der Waals surface area contributed by atoms with Gasteiger partial charge in [0.25, 0.3) is 5.91 Å². The van der Waals surface area contributed by atoms with Crippen LogP contribution in [-0.4, -0.2) is 37.2 Å². The van der Waals surface area contributed by atoms with Crippen LogP contribution in [0.5, 0.6) is 0 Å². The van der Waals surface area contributed by atoms with Crippen molar-refractivity contribution >= 4 is 11.9 Å². The molecule has 0 aromatic rings. The number of fused-ring (bicyclic) bond motifs is 2. The van der Waals surface area contributed by atoms with Crippen LogP contribution in [0.15, 0.2) is 0 Å². The van der Waals surface area contributed by atoms with E-state index in [1.807, 2.05) is 27.7 Å². The van der Waals surface area contributed by atoms with Gasteiger partial charge in [0.1, 0.15) is 0 Å². The Labute approximate surface area is 114 Å². The van der Waals surface area contributed by atoms with Crippen LogP contribution in [-0.2, 0) is 19.1 Å². The van der Waals surface area contributed by atoms with Crippen LogP contribution >= 0.6 is 0 Å². The van der Waals surface area contributed by atoms with E-state index in [-0.39, 0.29) is 17.9 Å². The number of rotatable bonds is 4. The van der Waals surface area contributed by atoms with Crippen molar-refractivity contribution < 1.29 is 19.1 Å². The zero-order valence-electron chi connectivity index (χ0n) is 12.3. The van der Waals surface area contributed by atoms with E-state index in [9.17, 15) is 9.59 Å². The van der Waals surface area contributed by atoms with Gasteiger partial charge in [-0.1, -0.05) is 13.8 Å². The smallest absolute Gasteiger partial charge is 0.313 e. The number of hydrogen-bond donors (Lipinski definition) is 1. The summed E-state index contributed by atoms with van der Waals surface area (Å²) in [4.78, 5) is 24.6. The molecule has 5 heteroatoms. The van der Waals surface area contributed by atoms with Crippen molar-refractivity contribution in [3.05, 3.63) is 0 Å². The van der Waals surface area contributed by atoms with E-state index in [1.165, 1.54) is 0 Å². The number of carbonyl (C=O) groups is 2. The van der Waals surface area contributed by atoms with Crippen LogP contribution < -0.4 is 5.32 Å². The Bertz CT molecular complexity index is 420. The maximum absolute atomic E-state index is 12.6. The molecule has 2 aliphatic rings. The summed E-state index contributed by atoms with van der Waals surface area (Å²) < 4.78 is 10.5. The fourth-order valence-corrected chi connectivity index (χ4v) is 3.38.